The summed E-state index contributed by atoms with van der Waals surface area (Å²) in [4.78, 5) is 17.9. The zero-order chi connectivity index (χ0) is 16.2. The Balaban J connectivity index is 1.50. The molecule has 122 valence electrons. The second-order valence-corrected chi connectivity index (χ2v) is 5.70. The maximum absolute atomic E-state index is 13.5. The van der Waals surface area contributed by atoms with Crippen molar-refractivity contribution in [2.24, 2.45) is 0 Å². The molecule has 2 aromatic rings. The van der Waals surface area contributed by atoms with Crippen molar-refractivity contribution in [1.82, 2.24) is 19.7 Å². The van der Waals surface area contributed by atoms with Crippen LogP contribution in [0.4, 0.5) is 4.39 Å². The van der Waals surface area contributed by atoms with Gasteiger partial charge in [-0.25, -0.2) is 9.37 Å². The van der Waals surface area contributed by atoms with Gasteiger partial charge in [0.2, 0.25) is 5.91 Å². The van der Waals surface area contributed by atoms with Gasteiger partial charge in [-0.3, -0.25) is 9.48 Å². The van der Waals surface area contributed by atoms with Gasteiger partial charge in [0, 0.05) is 38.3 Å². The first kappa shape index (κ1) is 15.5. The molecule has 23 heavy (non-hydrogen) atoms. The van der Waals surface area contributed by atoms with Crippen molar-refractivity contribution in [3.63, 3.8) is 0 Å². The Kier molecular flexibility index (Phi) is 4.55. The normalized spacial score (nSPS) is 15.7. The van der Waals surface area contributed by atoms with Gasteiger partial charge in [-0.1, -0.05) is 0 Å². The van der Waals surface area contributed by atoms with Crippen molar-refractivity contribution in [3.8, 4) is 5.88 Å². The number of halogens is 1. The van der Waals surface area contributed by atoms with E-state index in [0.29, 0.717) is 25.9 Å². The fraction of sp³-hybridized carbons (Fsp3) is 0.438. The molecule has 1 aliphatic rings. The van der Waals surface area contributed by atoms with E-state index in [4.69, 9.17) is 4.74 Å². The van der Waals surface area contributed by atoms with Crippen LogP contribution in [0.15, 0.2) is 30.7 Å². The molecule has 0 radical (unpaired) electrons. The molecule has 3 heterocycles. The number of aryl methyl sites for hydroxylation is 1. The predicted molar refractivity (Wildman–Crippen MR) is 81.4 cm³/mol. The fourth-order valence-corrected chi connectivity index (χ4v) is 2.63. The van der Waals surface area contributed by atoms with Crippen LogP contribution in [0.5, 0.6) is 5.88 Å². The van der Waals surface area contributed by atoms with Gasteiger partial charge in [0.1, 0.15) is 12.6 Å². The van der Waals surface area contributed by atoms with Crippen LogP contribution in [-0.2, 0) is 11.3 Å². The van der Waals surface area contributed by atoms with Gasteiger partial charge >= 0.3 is 0 Å². The maximum Gasteiger partial charge on any atom is 0.250 e. The Morgan fingerprint density at radius 3 is 2.87 bits per heavy atom. The number of nitrogens with zero attached hydrogens (tertiary/aromatic N) is 4. The first-order chi connectivity index (χ1) is 11.1. The lowest BCUT2D eigenvalue weighted by atomic mass is 10.1. The van der Waals surface area contributed by atoms with Gasteiger partial charge in [-0.05, 0) is 24.6 Å². The van der Waals surface area contributed by atoms with Crippen molar-refractivity contribution in [1.29, 1.82) is 0 Å². The van der Waals surface area contributed by atoms with E-state index in [2.05, 4.69) is 10.1 Å². The highest BCUT2D eigenvalue weighted by Crippen LogP contribution is 2.19. The van der Waals surface area contributed by atoms with Crippen molar-refractivity contribution < 1.29 is 13.9 Å². The molecule has 1 fully saturated rings. The minimum atomic E-state index is -0.458. The number of rotatable bonds is 4. The minimum absolute atomic E-state index is 0.0318. The van der Waals surface area contributed by atoms with Crippen LogP contribution >= 0.6 is 0 Å². The van der Waals surface area contributed by atoms with Gasteiger partial charge in [0.15, 0.2) is 5.82 Å². The van der Waals surface area contributed by atoms with E-state index in [1.165, 1.54) is 18.3 Å². The van der Waals surface area contributed by atoms with Gasteiger partial charge in [-0.2, -0.15) is 5.10 Å². The number of amides is 1. The summed E-state index contributed by atoms with van der Waals surface area (Å²) in [7, 11) is 0. The quantitative estimate of drug-likeness (QED) is 0.862. The Hall–Kier alpha value is -2.44. The number of ether oxygens (including phenoxy) is 1. The highest BCUT2D eigenvalue weighted by atomic mass is 19.1. The summed E-state index contributed by atoms with van der Waals surface area (Å²) in [6.45, 7) is 3.37. The number of carbonyl (C=O) groups is 1. The summed E-state index contributed by atoms with van der Waals surface area (Å²) >= 11 is 0. The third kappa shape index (κ3) is 3.85. The molecule has 0 saturated carbocycles. The average molecular weight is 318 g/mol. The average Bonchev–Trinajstić information content (AvgIpc) is 2.95. The molecule has 0 bridgehead atoms. The summed E-state index contributed by atoms with van der Waals surface area (Å²) in [6, 6.07) is 2.85. The molecule has 3 rings (SSSR count). The summed E-state index contributed by atoms with van der Waals surface area (Å²) in [5.74, 6) is -0.389. The van der Waals surface area contributed by atoms with Crippen molar-refractivity contribution in [2.45, 2.75) is 32.4 Å². The van der Waals surface area contributed by atoms with E-state index in [0.717, 1.165) is 5.56 Å². The van der Waals surface area contributed by atoms with E-state index in [9.17, 15) is 9.18 Å². The summed E-state index contributed by atoms with van der Waals surface area (Å²) < 4.78 is 20.8. The molecule has 7 heteroatoms. The highest BCUT2D eigenvalue weighted by Gasteiger charge is 2.25. The number of hydrogen-bond donors (Lipinski definition) is 0. The van der Waals surface area contributed by atoms with Crippen molar-refractivity contribution in [3.05, 3.63) is 42.1 Å². The Bertz CT molecular complexity index is 680. The molecule has 0 aliphatic carbocycles. The second-order valence-electron chi connectivity index (χ2n) is 5.70. The van der Waals surface area contributed by atoms with Gasteiger partial charge in [0.05, 0.1) is 6.20 Å². The molecular formula is C16H19FN4O2. The molecule has 1 aliphatic heterocycles. The molecule has 1 saturated heterocycles. The van der Waals surface area contributed by atoms with Crippen LogP contribution in [0, 0.1) is 12.7 Å². The van der Waals surface area contributed by atoms with Gasteiger partial charge < -0.3 is 9.64 Å². The number of likely N-dealkylation sites (tertiary alicyclic amines) is 1. The lowest BCUT2D eigenvalue weighted by molar-refractivity contribution is -0.133. The number of pyridine rings is 1. The Labute approximate surface area is 133 Å². The van der Waals surface area contributed by atoms with Crippen molar-refractivity contribution >= 4 is 5.91 Å². The fourth-order valence-electron chi connectivity index (χ4n) is 2.63. The second kappa shape index (κ2) is 6.76. The third-order valence-electron chi connectivity index (χ3n) is 3.86. The van der Waals surface area contributed by atoms with Crippen molar-refractivity contribution in [2.75, 3.05) is 13.1 Å². The largest absolute Gasteiger partial charge is 0.472 e. The van der Waals surface area contributed by atoms with E-state index >= 15 is 0 Å². The van der Waals surface area contributed by atoms with Gasteiger partial charge in [-0.15, -0.1) is 0 Å². The van der Waals surface area contributed by atoms with E-state index in [1.54, 1.807) is 15.8 Å². The zero-order valence-electron chi connectivity index (χ0n) is 13.0. The molecule has 1 amide bonds. The Morgan fingerprint density at radius 2 is 2.22 bits per heavy atom. The topological polar surface area (TPSA) is 60.2 Å². The lowest BCUT2D eigenvalue weighted by Crippen LogP contribution is -2.43. The van der Waals surface area contributed by atoms with E-state index in [-0.39, 0.29) is 24.4 Å². The molecule has 0 atom stereocenters. The number of hydrogen-bond acceptors (Lipinski definition) is 4. The SMILES string of the molecule is Cc1cnn(CC(=O)N2CCC(Oc3ncccc3F)CC2)c1. The molecular weight excluding hydrogens is 299 g/mol. The summed E-state index contributed by atoms with van der Waals surface area (Å²) in [5, 5.41) is 4.13. The molecule has 0 unspecified atom stereocenters. The zero-order valence-corrected chi connectivity index (χ0v) is 13.0. The van der Waals surface area contributed by atoms with Crippen LogP contribution in [0.25, 0.3) is 0 Å². The highest BCUT2D eigenvalue weighted by molar-refractivity contribution is 5.76. The number of piperidine rings is 1. The lowest BCUT2D eigenvalue weighted by Gasteiger charge is -2.32. The van der Waals surface area contributed by atoms with Gasteiger partial charge in [0.25, 0.3) is 5.88 Å². The van der Waals surface area contributed by atoms with Crippen LogP contribution in [0.3, 0.4) is 0 Å². The number of aromatic nitrogens is 3. The maximum atomic E-state index is 13.5. The smallest absolute Gasteiger partial charge is 0.250 e. The molecule has 2 aromatic heterocycles. The van der Waals surface area contributed by atoms with Crippen LogP contribution in [0.2, 0.25) is 0 Å². The van der Waals surface area contributed by atoms with Crippen LogP contribution < -0.4 is 4.74 Å². The predicted octanol–water partition coefficient (Wildman–Crippen LogP) is 1.80. The number of carbonyl (C=O) groups excluding carboxylic acids is 1. The Morgan fingerprint density at radius 1 is 1.43 bits per heavy atom. The van der Waals surface area contributed by atoms with Crippen LogP contribution in [-0.4, -0.2) is 44.8 Å². The first-order valence-electron chi connectivity index (χ1n) is 7.66. The standard InChI is InChI=1S/C16H19FN4O2/c1-12-9-19-21(10-12)11-15(22)20-7-4-13(5-8-20)23-16-14(17)3-2-6-18-16/h2-3,6,9-10,13H,4-5,7-8,11H2,1H3. The molecule has 0 aromatic carbocycles. The molecule has 0 N–H and O–H groups in total. The first-order valence-corrected chi connectivity index (χ1v) is 7.66. The van der Waals surface area contributed by atoms with E-state index in [1.807, 2.05) is 13.1 Å². The third-order valence-corrected chi connectivity index (χ3v) is 3.86. The van der Waals surface area contributed by atoms with Crippen LogP contribution in [0.1, 0.15) is 18.4 Å². The minimum Gasteiger partial charge on any atom is -0.472 e. The summed E-state index contributed by atoms with van der Waals surface area (Å²) in [6.07, 6.45) is 6.30. The monoisotopic (exact) mass is 318 g/mol. The van der Waals surface area contributed by atoms with E-state index < -0.39 is 5.82 Å². The molecule has 0 spiro atoms. The summed E-state index contributed by atoms with van der Waals surface area (Å²) in [5.41, 5.74) is 1.03. The molecule has 6 nitrogen and oxygen atoms in total.